The highest BCUT2D eigenvalue weighted by atomic mass is 32.2. The Balaban J connectivity index is 2.33. The minimum absolute atomic E-state index is 0.0892. The molecule has 0 aliphatic carbocycles. The molecule has 0 spiro atoms. The molecule has 5 nitrogen and oxygen atoms in total. The second kappa shape index (κ2) is 7.19. The number of ether oxygens (including phenoxy) is 1. The quantitative estimate of drug-likeness (QED) is 0.867. The van der Waals surface area contributed by atoms with Crippen LogP contribution < -0.4 is 10.1 Å². The summed E-state index contributed by atoms with van der Waals surface area (Å²) >= 11 is 0. The van der Waals surface area contributed by atoms with E-state index < -0.39 is 10.0 Å². The van der Waals surface area contributed by atoms with Crippen molar-refractivity contribution in [1.82, 2.24) is 4.31 Å². The minimum atomic E-state index is -3.63. The van der Waals surface area contributed by atoms with Crippen molar-refractivity contribution in [3.8, 4) is 5.75 Å². The molecule has 0 unspecified atom stereocenters. The summed E-state index contributed by atoms with van der Waals surface area (Å²) in [7, 11) is 0.736. The number of benzene rings is 2. The highest BCUT2D eigenvalue weighted by molar-refractivity contribution is 7.89. The van der Waals surface area contributed by atoms with Crippen molar-refractivity contribution in [3.63, 3.8) is 0 Å². The summed E-state index contributed by atoms with van der Waals surface area (Å²) in [6.07, 6.45) is 0. The molecule has 130 valence electrons. The Bertz CT molecular complexity index is 805. The Kier molecular flexibility index (Phi) is 5.46. The molecule has 2 aromatic carbocycles. The van der Waals surface area contributed by atoms with E-state index in [1.807, 2.05) is 6.92 Å². The fraction of sp³-hybridized carbons (Fsp3) is 0.294. The van der Waals surface area contributed by atoms with Gasteiger partial charge in [-0.15, -0.1) is 0 Å². The number of hydrogen-bond donors (Lipinski definition) is 1. The molecule has 0 radical (unpaired) electrons. The summed E-state index contributed by atoms with van der Waals surface area (Å²) in [5, 5.41) is 3.22. The second-order valence-electron chi connectivity index (χ2n) is 5.57. The first kappa shape index (κ1) is 18.2. The van der Waals surface area contributed by atoms with Crippen LogP contribution in [0.2, 0.25) is 0 Å². The Morgan fingerprint density at radius 3 is 2.29 bits per heavy atom. The predicted molar refractivity (Wildman–Crippen MR) is 92.3 cm³/mol. The van der Waals surface area contributed by atoms with Crippen LogP contribution in [-0.2, 0) is 10.0 Å². The number of rotatable bonds is 6. The van der Waals surface area contributed by atoms with Crippen LogP contribution in [0.15, 0.2) is 47.4 Å². The highest BCUT2D eigenvalue weighted by Gasteiger charge is 2.23. The lowest BCUT2D eigenvalue weighted by Crippen LogP contribution is -2.23. The number of sulfonamides is 1. The molecule has 0 heterocycles. The first-order valence-corrected chi connectivity index (χ1v) is 8.82. The van der Waals surface area contributed by atoms with Gasteiger partial charge in [-0.1, -0.05) is 12.1 Å². The third kappa shape index (κ3) is 3.85. The van der Waals surface area contributed by atoms with Gasteiger partial charge in [0.05, 0.1) is 7.11 Å². The molecule has 0 amide bonds. The predicted octanol–water partition coefficient (Wildman–Crippen LogP) is 3.26. The minimum Gasteiger partial charge on any atom is -0.495 e. The number of anilines is 1. The second-order valence-corrected chi connectivity index (χ2v) is 7.69. The first-order valence-electron chi connectivity index (χ1n) is 7.38. The summed E-state index contributed by atoms with van der Waals surface area (Å²) in [5.41, 5.74) is 1.53. The lowest BCUT2D eigenvalue weighted by Gasteiger charge is -2.19. The molecule has 7 heteroatoms. The number of halogens is 1. The average Bonchev–Trinajstić information content (AvgIpc) is 2.55. The summed E-state index contributed by atoms with van der Waals surface area (Å²) in [4.78, 5) is 0.0892. The fourth-order valence-corrected chi connectivity index (χ4v) is 3.32. The van der Waals surface area contributed by atoms with Gasteiger partial charge in [0.15, 0.2) is 0 Å². The molecule has 24 heavy (non-hydrogen) atoms. The summed E-state index contributed by atoms with van der Waals surface area (Å²) < 4.78 is 44.2. The number of methoxy groups -OCH3 is 1. The molecule has 1 N–H and O–H groups in total. The number of hydrogen-bond acceptors (Lipinski definition) is 4. The number of nitrogens with one attached hydrogen (secondary N) is 1. The van der Waals surface area contributed by atoms with Crippen LogP contribution in [0.4, 0.5) is 10.1 Å². The SMILES string of the molecule is COc1ccc(N[C@@H](C)c2ccc(F)cc2)cc1S(=O)(=O)N(C)C. The van der Waals surface area contributed by atoms with E-state index in [1.165, 1.54) is 39.4 Å². The third-order valence-electron chi connectivity index (χ3n) is 3.68. The Labute approximate surface area is 142 Å². The summed E-state index contributed by atoms with van der Waals surface area (Å²) in [6.45, 7) is 1.91. The lowest BCUT2D eigenvalue weighted by molar-refractivity contribution is 0.400. The Morgan fingerprint density at radius 1 is 1.12 bits per heavy atom. The van der Waals surface area contributed by atoms with E-state index in [0.717, 1.165) is 9.87 Å². The van der Waals surface area contributed by atoms with Crippen molar-refractivity contribution >= 4 is 15.7 Å². The van der Waals surface area contributed by atoms with E-state index in [9.17, 15) is 12.8 Å². The molecule has 0 saturated carbocycles. The zero-order valence-corrected chi connectivity index (χ0v) is 14.9. The van der Waals surface area contributed by atoms with Gasteiger partial charge in [0, 0.05) is 25.8 Å². The van der Waals surface area contributed by atoms with Crippen molar-refractivity contribution in [2.75, 3.05) is 26.5 Å². The topological polar surface area (TPSA) is 58.6 Å². The van der Waals surface area contributed by atoms with Crippen molar-refractivity contribution in [1.29, 1.82) is 0 Å². The van der Waals surface area contributed by atoms with Crippen LogP contribution in [-0.4, -0.2) is 33.9 Å². The summed E-state index contributed by atoms with van der Waals surface area (Å²) in [5.74, 6) is -0.0153. The maximum Gasteiger partial charge on any atom is 0.246 e. The van der Waals surface area contributed by atoms with Crippen LogP contribution in [0, 0.1) is 5.82 Å². The molecule has 2 aromatic rings. The van der Waals surface area contributed by atoms with Gasteiger partial charge in [-0.2, -0.15) is 0 Å². The van der Waals surface area contributed by atoms with Gasteiger partial charge in [-0.3, -0.25) is 0 Å². The zero-order valence-electron chi connectivity index (χ0n) is 14.1. The van der Waals surface area contributed by atoms with Crippen LogP contribution in [0.25, 0.3) is 0 Å². The summed E-state index contributed by atoms with van der Waals surface area (Å²) in [6, 6.07) is 10.9. The molecule has 0 aromatic heterocycles. The van der Waals surface area contributed by atoms with E-state index in [4.69, 9.17) is 4.74 Å². The first-order chi connectivity index (χ1) is 11.3. The van der Waals surface area contributed by atoms with Crippen LogP contribution in [0.5, 0.6) is 5.75 Å². The maximum atomic E-state index is 13.0. The smallest absolute Gasteiger partial charge is 0.246 e. The molecular formula is C17H21FN2O3S. The molecule has 0 saturated heterocycles. The van der Waals surface area contributed by atoms with E-state index in [1.54, 1.807) is 24.3 Å². The lowest BCUT2D eigenvalue weighted by atomic mass is 10.1. The van der Waals surface area contributed by atoms with E-state index in [2.05, 4.69) is 5.32 Å². The molecule has 2 rings (SSSR count). The standard InChI is InChI=1S/C17H21FN2O3S/c1-12(13-5-7-14(18)8-6-13)19-15-9-10-16(23-4)17(11-15)24(21,22)20(2)3/h5-12,19H,1-4H3/t12-/m0/s1. The fourth-order valence-electron chi connectivity index (χ4n) is 2.25. The molecular weight excluding hydrogens is 331 g/mol. The zero-order chi connectivity index (χ0) is 17.9. The van der Waals surface area contributed by atoms with E-state index >= 15 is 0 Å². The highest BCUT2D eigenvalue weighted by Crippen LogP contribution is 2.30. The van der Waals surface area contributed by atoms with Gasteiger partial charge in [0.25, 0.3) is 0 Å². The van der Waals surface area contributed by atoms with E-state index in [-0.39, 0.29) is 22.5 Å². The van der Waals surface area contributed by atoms with Crippen LogP contribution in [0.3, 0.4) is 0 Å². The van der Waals surface area contributed by atoms with Crippen molar-refractivity contribution in [2.24, 2.45) is 0 Å². The molecule has 0 aliphatic heterocycles. The molecule has 0 bridgehead atoms. The van der Waals surface area contributed by atoms with Gasteiger partial charge < -0.3 is 10.1 Å². The molecule has 0 aliphatic rings. The number of nitrogens with zero attached hydrogens (tertiary/aromatic N) is 1. The van der Waals surface area contributed by atoms with Gasteiger partial charge in [-0.05, 0) is 42.8 Å². The van der Waals surface area contributed by atoms with Crippen molar-refractivity contribution in [3.05, 3.63) is 53.8 Å². The van der Waals surface area contributed by atoms with Crippen LogP contribution in [0.1, 0.15) is 18.5 Å². The van der Waals surface area contributed by atoms with Crippen molar-refractivity contribution < 1.29 is 17.5 Å². The van der Waals surface area contributed by atoms with Gasteiger partial charge >= 0.3 is 0 Å². The Morgan fingerprint density at radius 2 is 1.75 bits per heavy atom. The molecule has 0 fully saturated rings. The molecule has 1 atom stereocenters. The van der Waals surface area contributed by atoms with Gasteiger partial charge in [0.1, 0.15) is 16.5 Å². The monoisotopic (exact) mass is 352 g/mol. The Hall–Kier alpha value is -2.12. The van der Waals surface area contributed by atoms with Crippen molar-refractivity contribution in [2.45, 2.75) is 17.9 Å². The van der Waals surface area contributed by atoms with E-state index in [0.29, 0.717) is 5.69 Å². The average molecular weight is 352 g/mol. The third-order valence-corrected chi connectivity index (χ3v) is 5.51. The van der Waals surface area contributed by atoms with Gasteiger partial charge in [-0.25, -0.2) is 17.1 Å². The normalized spacial score (nSPS) is 12.9. The van der Waals surface area contributed by atoms with Crippen LogP contribution >= 0.6 is 0 Å². The van der Waals surface area contributed by atoms with Gasteiger partial charge in [0.2, 0.25) is 10.0 Å². The maximum absolute atomic E-state index is 13.0. The largest absolute Gasteiger partial charge is 0.495 e.